The summed E-state index contributed by atoms with van der Waals surface area (Å²) >= 11 is 11.9. The molecule has 1 aliphatic heterocycles. The first kappa shape index (κ1) is 29.2. The lowest BCUT2D eigenvalue weighted by Gasteiger charge is -2.31. The molecule has 0 saturated carbocycles. The third-order valence-corrected chi connectivity index (χ3v) is 10.2. The molecule has 0 bridgehead atoms. The minimum atomic E-state index is -3.85. The van der Waals surface area contributed by atoms with Gasteiger partial charge in [-0.2, -0.15) is 0 Å². The number of amides is 1. The molecular formula is C26H27Cl2N3O6S2. The first-order valence-corrected chi connectivity index (χ1v) is 15.8. The Morgan fingerprint density at radius 2 is 1.62 bits per heavy atom. The van der Waals surface area contributed by atoms with Crippen LogP contribution in [-0.4, -0.2) is 47.2 Å². The van der Waals surface area contributed by atoms with Crippen LogP contribution in [-0.2, 0) is 30.6 Å². The summed E-state index contributed by atoms with van der Waals surface area (Å²) in [4.78, 5) is 13.0. The molecule has 1 heterocycles. The molecule has 0 radical (unpaired) electrons. The van der Waals surface area contributed by atoms with Crippen molar-refractivity contribution in [2.75, 3.05) is 30.2 Å². The SMILES string of the molecule is COc1ccc(NS(=O)(=O)c2ccc(NC(=O)[C@H]3CCCN(S(=O)(=O)Cc4ccc(Cl)c(Cl)c4)C3)cc2)cc1. The zero-order chi connectivity index (χ0) is 28.2. The Balaban J connectivity index is 1.37. The summed E-state index contributed by atoms with van der Waals surface area (Å²) < 4.78 is 60.4. The maximum atomic E-state index is 13.0. The summed E-state index contributed by atoms with van der Waals surface area (Å²) in [6.07, 6.45) is 1.07. The minimum Gasteiger partial charge on any atom is -0.497 e. The molecule has 3 aromatic carbocycles. The van der Waals surface area contributed by atoms with Gasteiger partial charge in [0.2, 0.25) is 15.9 Å². The predicted molar refractivity (Wildman–Crippen MR) is 152 cm³/mol. The van der Waals surface area contributed by atoms with Crippen LogP contribution < -0.4 is 14.8 Å². The van der Waals surface area contributed by atoms with Crippen molar-refractivity contribution < 1.29 is 26.4 Å². The van der Waals surface area contributed by atoms with Crippen LogP contribution >= 0.6 is 23.2 Å². The molecule has 9 nitrogen and oxygen atoms in total. The molecule has 0 spiro atoms. The number of hydrogen-bond acceptors (Lipinski definition) is 6. The Hall–Kier alpha value is -2.83. The second-order valence-corrected chi connectivity index (χ2v) is 13.5. The topological polar surface area (TPSA) is 122 Å². The van der Waals surface area contributed by atoms with Crippen LogP contribution in [0.4, 0.5) is 11.4 Å². The number of anilines is 2. The first-order chi connectivity index (χ1) is 18.5. The summed E-state index contributed by atoms with van der Waals surface area (Å²) in [7, 11) is -6.01. The van der Waals surface area contributed by atoms with E-state index in [1.165, 1.54) is 41.7 Å². The van der Waals surface area contributed by atoms with Gasteiger partial charge < -0.3 is 10.1 Å². The summed E-state index contributed by atoms with van der Waals surface area (Å²) in [5, 5.41) is 3.38. The Morgan fingerprint density at radius 3 is 2.26 bits per heavy atom. The van der Waals surface area contributed by atoms with Gasteiger partial charge in [-0.05, 0) is 79.1 Å². The van der Waals surface area contributed by atoms with Crippen molar-refractivity contribution in [3.05, 3.63) is 82.3 Å². The lowest BCUT2D eigenvalue weighted by molar-refractivity contribution is -0.120. The molecule has 0 aromatic heterocycles. The van der Waals surface area contributed by atoms with Gasteiger partial charge in [-0.25, -0.2) is 21.1 Å². The van der Waals surface area contributed by atoms with E-state index in [1.54, 1.807) is 36.4 Å². The maximum absolute atomic E-state index is 13.0. The van der Waals surface area contributed by atoms with E-state index in [9.17, 15) is 21.6 Å². The van der Waals surface area contributed by atoms with E-state index in [-0.39, 0.29) is 28.1 Å². The molecule has 208 valence electrons. The van der Waals surface area contributed by atoms with Crippen LogP contribution in [0.3, 0.4) is 0 Å². The standard InChI is InChI=1S/C26H27Cl2N3O6S2/c1-37-22-9-5-21(6-10-22)30-39(35,36)23-11-7-20(8-12-23)29-26(32)19-3-2-14-31(16-19)38(33,34)17-18-4-13-24(27)25(28)15-18/h4-13,15,19,30H,2-3,14,16-17H2,1H3,(H,29,32)/t19-/m0/s1. The molecule has 1 fully saturated rings. The fourth-order valence-electron chi connectivity index (χ4n) is 4.18. The molecule has 13 heteroatoms. The Bertz CT molecular complexity index is 1550. The van der Waals surface area contributed by atoms with E-state index < -0.39 is 26.0 Å². The second kappa shape index (κ2) is 12.1. The number of rotatable bonds is 9. The van der Waals surface area contributed by atoms with Gasteiger partial charge in [0.05, 0.1) is 33.7 Å². The van der Waals surface area contributed by atoms with E-state index >= 15 is 0 Å². The normalized spacial score (nSPS) is 16.4. The minimum absolute atomic E-state index is 0.0218. The zero-order valence-corrected chi connectivity index (χ0v) is 24.1. The average molecular weight is 613 g/mol. The highest BCUT2D eigenvalue weighted by molar-refractivity contribution is 7.92. The molecule has 39 heavy (non-hydrogen) atoms. The number of nitrogens with zero attached hydrogens (tertiary/aromatic N) is 1. The van der Waals surface area contributed by atoms with Gasteiger partial charge in [-0.1, -0.05) is 29.3 Å². The summed E-state index contributed by atoms with van der Waals surface area (Å²) in [5.41, 5.74) is 1.29. The Kier molecular flexibility index (Phi) is 9.07. The number of nitrogens with one attached hydrogen (secondary N) is 2. The number of hydrogen-bond donors (Lipinski definition) is 2. The highest BCUT2D eigenvalue weighted by Gasteiger charge is 2.32. The number of piperidine rings is 1. The zero-order valence-electron chi connectivity index (χ0n) is 20.9. The number of halogens is 2. The van der Waals surface area contributed by atoms with E-state index in [1.807, 2.05) is 0 Å². The van der Waals surface area contributed by atoms with Crippen LogP contribution in [0.2, 0.25) is 10.0 Å². The van der Waals surface area contributed by atoms with Gasteiger partial charge >= 0.3 is 0 Å². The van der Waals surface area contributed by atoms with Gasteiger partial charge in [0.1, 0.15) is 5.75 Å². The van der Waals surface area contributed by atoms with E-state index in [4.69, 9.17) is 27.9 Å². The van der Waals surface area contributed by atoms with Crippen molar-refractivity contribution in [1.29, 1.82) is 0 Å². The third-order valence-electron chi connectivity index (χ3n) is 6.26. The fourth-order valence-corrected chi connectivity index (χ4v) is 7.15. The van der Waals surface area contributed by atoms with Crippen LogP contribution in [0.1, 0.15) is 18.4 Å². The summed E-state index contributed by atoms with van der Waals surface area (Å²) in [5.74, 6) is -0.541. The van der Waals surface area contributed by atoms with Gasteiger partial charge in [0.25, 0.3) is 10.0 Å². The number of carbonyl (C=O) groups is 1. The van der Waals surface area contributed by atoms with Crippen molar-refractivity contribution in [3.8, 4) is 5.75 Å². The quantitative estimate of drug-likeness (QED) is 0.352. The van der Waals surface area contributed by atoms with Crippen molar-refractivity contribution in [2.24, 2.45) is 5.92 Å². The molecule has 0 aliphatic carbocycles. The van der Waals surface area contributed by atoms with E-state index in [2.05, 4.69) is 10.0 Å². The molecule has 3 aromatic rings. The second-order valence-electron chi connectivity index (χ2n) is 9.05. The lowest BCUT2D eigenvalue weighted by Crippen LogP contribution is -2.44. The van der Waals surface area contributed by atoms with Gasteiger partial charge in [0.15, 0.2) is 0 Å². The molecule has 1 aliphatic rings. The molecule has 0 unspecified atom stereocenters. The third kappa shape index (κ3) is 7.43. The average Bonchev–Trinajstić information content (AvgIpc) is 2.91. The Morgan fingerprint density at radius 1 is 0.949 bits per heavy atom. The molecule has 4 rings (SSSR count). The van der Waals surface area contributed by atoms with Crippen LogP contribution in [0.25, 0.3) is 0 Å². The van der Waals surface area contributed by atoms with E-state index in [0.717, 1.165) is 0 Å². The molecule has 1 atom stereocenters. The largest absolute Gasteiger partial charge is 0.497 e. The smallest absolute Gasteiger partial charge is 0.261 e. The summed E-state index contributed by atoms with van der Waals surface area (Å²) in [6, 6.07) is 16.9. The molecule has 2 N–H and O–H groups in total. The number of sulfonamides is 2. The predicted octanol–water partition coefficient (Wildman–Crippen LogP) is 4.98. The number of benzene rings is 3. The van der Waals surface area contributed by atoms with Crippen LogP contribution in [0, 0.1) is 5.92 Å². The highest BCUT2D eigenvalue weighted by atomic mass is 35.5. The monoisotopic (exact) mass is 611 g/mol. The highest BCUT2D eigenvalue weighted by Crippen LogP contribution is 2.27. The first-order valence-electron chi connectivity index (χ1n) is 12.0. The van der Waals surface area contributed by atoms with Gasteiger partial charge in [-0.15, -0.1) is 0 Å². The number of methoxy groups -OCH3 is 1. The lowest BCUT2D eigenvalue weighted by atomic mass is 9.99. The van der Waals surface area contributed by atoms with Crippen molar-refractivity contribution >= 4 is 60.5 Å². The Labute approximate surface area is 238 Å². The van der Waals surface area contributed by atoms with Crippen molar-refractivity contribution in [3.63, 3.8) is 0 Å². The van der Waals surface area contributed by atoms with Crippen molar-refractivity contribution in [1.82, 2.24) is 4.31 Å². The fraction of sp³-hybridized carbons (Fsp3) is 0.269. The summed E-state index contributed by atoms with van der Waals surface area (Å²) in [6.45, 7) is 0.370. The molecule has 1 amide bonds. The number of carbonyl (C=O) groups excluding carboxylic acids is 1. The van der Waals surface area contributed by atoms with E-state index in [0.29, 0.717) is 47.1 Å². The van der Waals surface area contributed by atoms with Gasteiger partial charge in [-0.3, -0.25) is 9.52 Å². The molecule has 1 saturated heterocycles. The maximum Gasteiger partial charge on any atom is 0.261 e. The molecular weight excluding hydrogens is 585 g/mol. The number of ether oxygens (including phenoxy) is 1. The van der Waals surface area contributed by atoms with Gasteiger partial charge in [0, 0.05) is 24.5 Å². The van der Waals surface area contributed by atoms with Crippen molar-refractivity contribution in [2.45, 2.75) is 23.5 Å². The van der Waals surface area contributed by atoms with Crippen LogP contribution in [0.5, 0.6) is 5.75 Å². The van der Waals surface area contributed by atoms with Crippen LogP contribution in [0.15, 0.2) is 71.6 Å².